The highest BCUT2D eigenvalue weighted by atomic mass is 32.2. The molecule has 2 aromatic heterocycles. The molecular formula is C20H20N4O4S. The number of anilines is 1. The minimum absolute atomic E-state index is 0.150. The molecule has 0 unspecified atom stereocenters. The van der Waals surface area contributed by atoms with E-state index in [9.17, 15) is 4.79 Å². The average molecular weight is 412 g/mol. The summed E-state index contributed by atoms with van der Waals surface area (Å²) in [5.41, 5.74) is 1.51. The van der Waals surface area contributed by atoms with Gasteiger partial charge in [0, 0.05) is 18.3 Å². The van der Waals surface area contributed by atoms with E-state index in [2.05, 4.69) is 22.1 Å². The molecule has 1 aromatic carbocycles. The highest BCUT2D eigenvalue weighted by Crippen LogP contribution is 2.35. The van der Waals surface area contributed by atoms with Gasteiger partial charge in [-0.1, -0.05) is 17.8 Å². The van der Waals surface area contributed by atoms with Crippen LogP contribution in [-0.2, 0) is 11.3 Å². The molecule has 0 radical (unpaired) electrons. The molecule has 0 spiro atoms. The lowest BCUT2D eigenvalue weighted by Gasteiger charge is -2.13. The largest absolute Gasteiger partial charge is 0.469 e. The predicted octanol–water partition coefficient (Wildman–Crippen LogP) is 3.88. The number of carbonyl (C=O) groups is 1. The van der Waals surface area contributed by atoms with Crippen LogP contribution >= 0.6 is 11.8 Å². The molecule has 1 aliphatic rings. The van der Waals surface area contributed by atoms with Crippen molar-refractivity contribution in [3.05, 3.63) is 48.9 Å². The van der Waals surface area contributed by atoms with E-state index in [1.807, 2.05) is 24.5 Å². The second kappa shape index (κ2) is 8.04. The van der Waals surface area contributed by atoms with E-state index in [0.29, 0.717) is 34.7 Å². The first-order valence-electron chi connectivity index (χ1n) is 9.02. The minimum Gasteiger partial charge on any atom is -0.469 e. The maximum Gasteiger partial charge on any atom is 0.237 e. The van der Waals surface area contributed by atoms with Crippen molar-refractivity contribution in [2.24, 2.45) is 0 Å². The van der Waals surface area contributed by atoms with Crippen molar-refractivity contribution < 1.29 is 18.7 Å². The number of hydrogen-bond donors (Lipinski definition) is 1. The van der Waals surface area contributed by atoms with Gasteiger partial charge in [-0.05, 0) is 32.0 Å². The zero-order valence-corrected chi connectivity index (χ0v) is 16.9. The van der Waals surface area contributed by atoms with Crippen molar-refractivity contribution >= 4 is 23.4 Å². The topological polar surface area (TPSA) is 91.4 Å². The first kappa shape index (κ1) is 19.1. The Bertz CT molecular complexity index is 1060. The number of rotatable bonds is 7. The number of benzene rings is 1. The van der Waals surface area contributed by atoms with E-state index in [1.165, 1.54) is 11.8 Å². The number of aryl methyl sites for hydroxylation is 1. The summed E-state index contributed by atoms with van der Waals surface area (Å²) in [7, 11) is 0. The normalized spacial score (nSPS) is 13.3. The molecule has 0 saturated heterocycles. The van der Waals surface area contributed by atoms with Crippen LogP contribution in [0.5, 0.6) is 11.5 Å². The summed E-state index contributed by atoms with van der Waals surface area (Å²) in [6, 6.07) is 7.15. The van der Waals surface area contributed by atoms with Crippen molar-refractivity contribution in [2.45, 2.75) is 30.8 Å². The number of carbonyl (C=O) groups excluding carboxylic acids is 1. The molecule has 3 aromatic rings. The minimum atomic E-state index is -0.397. The number of aromatic nitrogens is 3. The summed E-state index contributed by atoms with van der Waals surface area (Å²) in [5.74, 6) is 2.58. The molecule has 0 fully saturated rings. The molecule has 0 saturated carbocycles. The molecule has 1 atom stereocenters. The van der Waals surface area contributed by atoms with Gasteiger partial charge in [-0.15, -0.1) is 16.8 Å². The van der Waals surface area contributed by atoms with Crippen molar-refractivity contribution in [2.75, 3.05) is 12.1 Å². The smallest absolute Gasteiger partial charge is 0.237 e. The van der Waals surface area contributed by atoms with E-state index in [1.54, 1.807) is 30.5 Å². The van der Waals surface area contributed by atoms with E-state index < -0.39 is 5.25 Å². The summed E-state index contributed by atoms with van der Waals surface area (Å²) >= 11 is 1.33. The Kier molecular flexibility index (Phi) is 5.30. The van der Waals surface area contributed by atoms with Crippen molar-refractivity contribution in [3.63, 3.8) is 0 Å². The number of furan rings is 1. The third kappa shape index (κ3) is 3.86. The monoisotopic (exact) mass is 412 g/mol. The second-order valence-corrected chi connectivity index (χ2v) is 7.72. The molecule has 0 aliphatic carbocycles. The Hall–Kier alpha value is -3.20. The quantitative estimate of drug-likeness (QED) is 0.465. The summed E-state index contributed by atoms with van der Waals surface area (Å²) in [5, 5.41) is 11.7. The van der Waals surface area contributed by atoms with Crippen molar-refractivity contribution in [1.82, 2.24) is 14.8 Å². The predicted molar refractivity (Wildman–Crippen MR) is 109 cm³/mol. The van der Waals surface area contributed by atoms with Crippen LogP contribution in [0.1, 0.15) is 12.7 Å². The molecule has 3 heterocycles. The zero-order chi connectivity index (χ0) is 20.4. The van der Waals surface area contributed by atoms with Gasteiger partial charge in [-0.3, -0.25) is 9.36 Å². The van der Waals surface area contributed by atoms with Gasteiger partial charge < -0.3 is 19.2 Å². The zero-order valence-electron chi connectivity index (χ0n) is 16.0. The van der Waals surface area contributed by atoms with Crippen LogP contribution in [0.25, 0.3) is 11.4 Å². The van der Waals surface area contributed by atoms with Gasteiger partial charge in [0.05, 0.1) is 17.1 Å². The van der Waals surface area contributed by atoms with Crippen LogP contribution in [0.2, 0.25) is 0 Å². The number of hydrogen-bond acceptors (Lipinski definition) is 7. The lowest BCUT2D eigenvalue weighted by atomic mass is 10.2. The standard InChI is InChI=1S/C20H20N4O4S/c1-4-8-24-18(15-7-9-26-12(15)2)22-23-20(24)29-13(3)19(25)21-14-5-6-16-17(10-14)28-11-27-16/h4-7,9-10,13H,1,8,11H2,2-3H3,(H,21,25)/t13-/m0/s1. The Labute approximate surface area is 171 Å². The number of nitrogens with zero attached hydrogens (tertiary/aromatic N) is 3. The Balaban J connectivity index is 1.49. The molecule has 8 nitrogen and oxygen atoms in total. The van der Waals surface area contributed by atoms with Crippen LogP contribution in [0.4, 0.5) is 5.69 Å². The fourth-order valence-electron chi connectivity index (χ4n) is 2.92. The third-order valence-electron chi connectivity index (χ3n) is 4.42. The average Bonchev–Trinajstić information content (AvgIpc) is 3.42. The van der Waals surface area contributed by atoms with Gasteiger partial charge in [-0.25, -0.2) is 0 Å². The maximum atomic E-state index is 12.7. The Morgan fingerprint density at radius 1 is 1.34 bits per heavy atom. The molecule has 29 heavy (non-hydrogen) atoms. The number of nitrogens with one attached hydrogen (secondary N) is 1. The van der Waals surface area contributed by atoms with Crippen LogP contribution in [0.3, 0.4) is 0 Å². The van der Waals surface area contributed by atoms with Gasteiger partial charge in [-0.2, -0.15) is 0 Å². The first-order chi connectivity index (χ1) is 14.1. The number of ether oxygens (including phenoxy) is 2. The first-order valence-corrected chi connectivity index (χ1v) is 9.90. The van der Waals surface area contributed by atoms with Crippen molar-refractivity contribution in [1.29, 1.82) is 0 Å². The lowest BCUT2D eigenvalue weighted by molar-refractivity contribution is -0.115. The van der Waals surface area contributed by atoms with Crippen LogP contribution < -0.4 is 14.8 Å². The van der Waals surface area contributed by atoms with Crippen LogP contribution in [-0.4, -0.2) is 32.7 Å². The molecule has 1 aliphatic heterocycles. The van der Waals surface area contributed by atoms with E-state index >= 15 is 0 Å². The lowest BCUT2D eigenvalue weighted by Crippen LogP contribution is -2.23. The highest BCUT2D eigenvalue weighted by Gasteiger charge is 2.22. The molecule has 1 N–H and O–H groups in total. The van der Waals surface area contributed by atoms with E-state index in [0.717, 1.165) is 11.3 Å². The van der Waals surface area contributed by atoms with Gasteiger partial charge in [0.15, 0.2) is 22.5 Å². The molecule has 1 amide bonds. The molecule has 150 valence electrons. The van der Waals surface area contributed by atoms with Crippen molar-refractivity contribution in [3.8, 4) is 22.9 Å². The van der Waals surface area contributed by atoms with E-state index in [4.69, 9.17) is 13.9 Å². The summed E-state index contributed by atoms with van der Waals surface area (Å²) in [6.45, 7) is 8.21. The second-order valence-electron chi connectivity index (χ2n) is 6.41. The van der Waals surface area contributed by atoms with Crippen LogP contribution in [0.15, 0.2) is 52.8 Å². The van der Waals surface area contributed by atoms with Gasteiger partial charge in [0.25, 0.3) is 0 Å². The summed E-state index contributed by atoms with van der Waals surface area (Å²) < 4.78 is 17.9. The summed E-state index contributed by atoms with van der Waals surface area (Å²) in [6.07, 6.45) is 3.38. The number of amides is 1. The van der Waals surface area contributed by atoms with Crippen LogP contribution in [0, 0.1) is 6.92 Å². The summed E-state index contributed by atoms with van der Waals surface area (Å²) in [4.78, 5) is 12.7. The molecular weight excluding hydrogens is 392 g/mol. The molecule has 9 heteroatoms. The Morgan fingerprint density at radius 3 is 2.93 bits per heavy atom. The fourth-order valence-corrected chi connectivity index (χ4v) is 3.77. The third-order valence-corrected chi connectivity index (χ3v) is 5.50. The number of thioether (sulfide) groups is 1. The highest BCUT2D eigenvalue weighted by molar-refractivity contribution is 8.00. The molecule has 0 bridgehead atoms. The van der Waals surface area contributed by atoms with E-state index in [-0.39, 0.29) is 12.7 Å². The number of fused-ring (bicyclic) bond motifs is 1. The maximum absolute atomic E-state index is 12.7. The molecule has 4 rings (SSSR count). The Morgan fingerprint density at radius 2 is 2.17 bits per heavy atom. The number of allylic oxidation sites excluding steroid dienone is 1. The SMILES string of the molecule is C=CCn1c(S[C@@H](C)C(=O)Nc2ccc3c(c2)OCO3)nnc1-c1ccoc1C. The van der Waals surface area contributed by atoms with Gasteiger partial charge in [0.1, 0.15) is 5.76 Å². The van der Waals surface area contributed by atoms with Gasteiger partial charge >= 0.3 is 0 Å². The van der Waals surface area contributed by atoms with Gasteiger partial charge in [0.2, 0.25) is 12.7 Å². The fraction of sp³-hybridized carbons (Fsp3) is 0.250.